The van der Waals surface area contributed by atoms with Crippen LogP contribution in [0.3, 0.4) is 0 Å². The highest BCUT2D eigenvalue weighted by Gasteiger charge is 2.39. The Hall–Kier alpha value is -0.610. The van der Waals surface area contributed by atoms with Gasteiger partial charge in [-0.2, -0.15) is 0 Å². The smallest absolute Gasteiger partial charge is 0.242 e. The Bertz CT molecular complexity index is 268. The molecule has 0 spiro atoms. The minimum Gasteiger partial charge on any atom is -0.393 e. The predicted molar refractivity (Wildman–Crippen MR) is 68.5 cm³/mol. The average Bonchev–Trinajstić information content (AvgIpc) is 2.24. The fraction of sp³-hybridized carbons (Fsp3) is 0.923. The first-order valence-corrected chi connectivity index (χ1v) is 6.57. The van der Waals surface area contributed by atoms with E-state index >= 15 is 0 Å². The third kappa shape index (κ3) is 3.96. The van der Waals surface area contributed by atoms with Gasteiger partial charge in [0, 0.05) is 13.6 Å². The number of carbonyl (C=O) groups excluding carboxylic acids is 1. The van der Waals surface area contributed by atoms with Crippen molar-refractivity contribution >= 4 is 5.91 Å². The van der Waals surface area contributed by atoms with Crippen LogP contribution in [-0.2, 0) is 4.79 Å². The summed E-state index contributed by atoms with van der Waals surface area (Å²) in [6, 6.07) is 0. The number of rotatable bonds is 4. The lowest BCUT2D eigenvalue weighted by Gasteiger charge is -2.38. The van der Waals surface area contributed by atoms with Crippen molar-refractivity contribution in [1.29, 1.82) is 0 Å². The Morgan fingerprint density at radius 2 is 2.29 bits per heavy atom. The van der Waals surface area contributed by atoms with Gasteiger partial charge in [0.25, 0.3) is 0 Å². The second-order valence-corrected chi connectivity index (χ2v) is 5.72. The van der Waals surface area contributed by atoms with Crippen molar-refractivity contribution in [2.75, 3.05) is 13.6 Å². The average molecular weight is 242 g/mol. The maximum Gasteiger partial charge on any atom is 0.242 e. The number of aliphatic hydroxyl groups excluding tert-OH is 1. The van der Waals surface area contributed by atoms with Crippen LogP contribution in [0.25, 0.3) is 0 Å². The first-order valence-electron chi connectivity index (χ1n) is 6.57. The lowest BCUT2D eigenvalue weighted by molar-refractivity contribution is -0.137. The van der Waals surface area contributed by atoms with E-state index in [1.807, 2.05) is 0 Å². The van der Waals surface area contributed by atoms with E-state index in [0.717, 1.165) is 19.3 Å². The van der Waals surface area contributed by atoms with Crippen molar-refractivity contribution in [1.82, 2.24) is 4.90 Å². The summed E-state index contributed by atoms with van der Waals surface area (Å²) in [6.07, 6.45) is 4.01. The zero-order valence-electron chi connectivity index (χ0n) is 11.3. The van der Waals surface area contributed by atoms with Crippen LogP contribution in [0.2, 0.25) is 0 Å². The van der Waals surface area contributed by atoms with Crippen LogP contribution in [0, 0.1) is 5.92 Å². The molecule has 1 aliphatic rings. The fourth-order valence-corrected chi connectivity index (χ4v) is 2.65. The van der Waals surface area contributed by atoms with Gasteiger partial charge in [-0.3, -0.25) is 4.79 Å². The van der Waals surface area contributed by atoms with Crippen molar-refractivity contribution in [3.63, 3.8) is 0 Å². The molecule has 3 N–H and O–H groups in total. The van der Waals surface area contributed by atoms with Gasteiger partial charge in [0.15, 0.2) is 0 Å². The van der Waals surface area contributed by atoms with Crippen LogP contribution < -0.4 is 5.73 Å². The molecule has 3 atom stereocenters. The van der Waals surface area contributed by atoms with Gasteiger partial charge in [0.05, 0.1) is 11.6 Å². The highest BCUT2D eigenvalue weighted by Crippen LogP contribution is 2.31. The maximum absolute atomic E-state index is 12.3. The standard InChI is InChI=1S/C13H26N2O2/c1-10-5-4-7-13(14,9-10)12(17)15(3)8-6-11(2)16/h10-11,16H,4-9,14H2,1-3H3. The zero-order chi connectivity index (χ0) is 13.1. The third-order valence-corrected chi connectivity index (χ3v) is 3.69. The van der Waals surface area contributed by atoms with Gasteiger partial charge in [0.1, 0.15) is 0 Å². The molecule has 0 bridgehead atoms. The minimum absolute atomic E-state index is 0.0321. The Morgan fingerprint density at radius 3 is 2.82 bits per heavy atom. The van der Waals surface area contributed by atoms with E-state index in [9.17, 15) is 9.90 Å². The molecule has 0 aliphatic heterocycles. The van der Waals surface area contributed by atoms with Crippen molar-refractivity contribution in [2.45, 2.75) is 57.6 Å². The van der Waals surface area contributed by atoms with Crippen molar-refractivity contribution in [3.05, 3.63) is 0 Å². The summed E-state index contributed by atoms with van der Waals surface area (Å²) in [6.45, 7) is 4.47. The molecule has 1 amide bonds. The molecule has 0 aromatic heterocycles. The number of carbonyl (C=O) groups is 1. The van der Waals surface area contributed by atoms with E-state index < -0.39 is 5.54 Å². The second kappa shape index (κ2) is 5.83. The first-order chi connectivity index (χ1) is 7.85. The lowest BCUT2D eigenvalue weighted by atomic mass is 9.76. The molecule has 1 aliphatic carbocycles. The summed E-state index contributed by atoms with van der Waals surface area (Å²) >= 11 is 0. The van der Waals surface area contributed by atoms with E-state index in [2.05, 4.69) is 6.92 Å². The monoisotopic (exact) mass is 242 g/mol. The maximum atomic E-state index is 12.3. The normalized spacial score (nSPS) is 31.0. The van der Waals surface area contributed by atoms with Gasteiger partial charge < -0.3 is 15.7 Å². The van der Waals surface area contributed by atoms with Crippen molar-refractivity contribution < 1.29 is 9.90 Å². The molecule has 0 aromatic rings. The molecule has 100 valence electrons. The van der Waals surface area contributed by atoms with Crippen LogP contribution in [0.1, 0.15) is 46.0 Å². The summed E-state index contributed by atoms with van der Waals surface area (Å²) in [7, 11) is 1.78. The van der Waals surface area contributed by atoms with E-state index in [0.29, 0.717) is 18.9 Å². The van der Waals surface area contributed by atoms with Crippen LogP contribution in [0.15, 0.2) is 0 Å². The Labute approximate surface area is 104 Å². The number of hydrogen-bond acceptors (Lipinski definition) is 3. The molecule has 4 heteroatoms. The number of nitrogens with zero attached hydrogens (tertiary/aromatic N) is 1. The van der Waals surface area contributed by atoms with E-state index in [4.69, 9.17) is 5.73 Å². The zero-order valence-corrected chi connectivity index (χ0v) is 11.3. The van der Waals surface area contributed by atoms with Crippen LogP contribution in [0.4, 0.5) is 0 Å². The predicted octanol–water partition coefficient (Wildman–Crippen LogP) is 1.12. The topological polar surface area (TPSA) is 66.6 Å². The molecule has 1 fully saturated rings. The van der Waals surface area contributed by atoms with Crippen molar-refractivity contribution in [2.24, 2.45) is 11.7 Å². The van der Waals surface area contributed by atoms with E-state index in [1.54, 1.807) is 18.9 Å². The molecule has 17 heavy (non-hydrogen) atoms. The summed E-state index contributed by atoms with van der Waals surface area (Å²) in [5.74, 6) is 0.563. The molecule has 4 nitrogen and oxygen atoms in total. The summed E-state index contributed by atoms with van der Waals surface area (Å²) in [5, 5.41) is 9.23. The molecule has 1 saturated carbocycles. The van der Waals surface area contributed by atoms with Crippen LogP contribution in [0.5, 0.6) is 0 Å². The largest absolute Gasteiger partial charge is 0.393 e. The first kappa shape index (κ1) is 14.5. The fourth-order valence-electron chi connectivity index (χ4n) is 2.65. The molecule has 0 radical (unpaired) electrons. The summed E-state index contributed by atoms with van der Waals surface area (Å²) < 4.78 is 0. The molecular weight excluding hydrogens is 216 g/mol. The van der Waals surface area contributed by atoms with Crippen LogP contribution >= 0.6 is 0 Å². The molecule has 1 rings (SSSR count). The van der Waals surface area contributed by atoms with Gasteiger partial charge in [-0.25, -0.2) is 0 Å². The SMILES string of the molecule is CC(O)CCN(C)C(=O)C1(N)CCCC(C)C1. The van der Waals surface area contributed by atoms with Gasteiger partial charge in [-0.05, 0) is 32.1 Å². The van der Waals surface area contributed by atoms with E-state index in [-0.39, 0.29) is 12.0 Å². The Kier molecular flexibility index (Phi) is 4.95. The quantitative estimate of drug-likeness (QED) is 0.776. The van der Waals surface area contributed by atoms with Gasteiger partial charge in [-0.15, -0.1) is 0 Å². The van der Waals surface area contributed by atoms with Gasteiger partial charge in [0.2, 0.25) is 5.91 Å². The number of amides is 1. The summed E-state index contributed by atoms with van der Waals surface area (Å²) in [5.41, 5.74) is 5.57. The Morgan fingerprint density at radius 1 is 1.65 bits per heavy atom. The Balaban J connectivity index is 2.55. The number of nitrogens with two attached hydrogens (primary N) is 1. The molecule has 3 unspecified atom stereocenters. The van der Waals surface area contributed by atoms with E-state index in [1.165, 1.54) is 6.42 Å². The molecular formula is C13H26N2O2. The highest BCUT2D eigenvalue weighted by atomic mass is 16.3. The lowest BCUT2D eigenvalue weighted by Crippen LogP contribution is -2.56. The molecule has 0 saturated heterocycles. The molecule has 0 aromatic carbocycles. The van der Waals surface area contributed by atoms with Gasteiger partial charge >= 0.3 is 0 Å². The number of likely N-dealkylation sites (N-methyl/N-ethyl adjacent to an activating group) is 1. The number of aliphatic hydroxyl groups is 1. The van der Waals surface area contributed by atoms with Crippen molar-refractivity contribution in [3.8, 4) is 0 Å². The third-order valence-electron chi connectivity index (χ3n) is 3.69. The highest BCUT2D eigenvalue weighted by molar-refractivity contribution is 5.86. The number of hydrogen-bond donors (Lipinski definition) is 2. The molecule has 0 heterocycles. The second-order valence-electron chi connectivity index (χ2n) is 5.72. The van der Waals surface area contributed by atoms with Crippen LogP contribution in [-0.4, -0.2) is 41.1 Å². The minimum atomic E-state index is -0.675. The van der Waals surface area contributed by atoms with Gasteiger partial charge in [-0.1, -0.05) is 19.8 Å². The summed E-state index contributed by atoms with van der Waals surface area (Å²) in [4.78, 5) is 14.0.